The number of hydrogen-bond donors (Lipinski definition) is 0. The molecule has 1 aromatic rings. The molecular weight excluding hydrogens is 140 g/mol. The summed E-state index contributed by atoms with van der Waals surface area (Å²) in [7, 11) is 1.94. The number of rotatable bonds is 4. The van der Waals surface area contributed by atoms with E-state index in [1.54, 1.807) is 6.33 Å². The summed E-state index contributed by atoms with van der Waals surface area (Å²) < 4.78 is 1.91. The second-order valence-electron chi connectivity index (χ2n) is 2.59. The molecule has 0 saturated carbocycles. The highest BCUT2D eigenvalue weighted by Crippen LogP contribution is 1.99. The Labute approximate surface area is 66.1 Å². The molecule has 11 heavy (non-hydrogen) atoms. The minimum absolute atomic E-state index is 0.635. The van der Waals surface area contributed by atoms with Gasteiger partial charge in [-0.2, -0.15) is 0 Å². The third-order valence-corrected chi connectivity index (χ3v) is 1.51. The summed E-state index contributed by atoms with van der Waals surface area (Å²) in [5, 5.41) is 0. The molecule has 0 aliphatic rings. The van der Waals surface area contributed by atoms with Gasteiger partial charge in [0.25, 0.3) is 0 Å². The van der Waals surface area contributed by atoms with Gasteiger partial charge in [-0.05, 0) is 12.8 Å². The molecule has 1 heterocycles. The Morgan fingerprint density at radius 3 is 3.09 bits per heavy atom. The molecule has 60 valence electrons. The number of aromatic nitrogens is 2. The van der Waals surface area contributed by atoms with Crippen LogP contribution in [-0.4, -0.2) is 15.8 Å². The van der Waals surface area contributed by atoms with Gasteiger partial charge in [0.15, 0.2) is 0 Å². The van der Waals surface area contributed by atoms with Gasteiger partial charge in [-0.3, -0.25) is 0 Å². The zero-order valence-corrected chi connectivity index (χ0v) is 6.66. The van der Waals surface area contributed by atoms with E-state index in [0.717, 1.165) is 24.8 Å². The fourth-order valence-electron chi connectivity index (χ4n) is 0.963. The van der Waals surface area contributed by atoms with Crippen LogP contribution >= 0.6 is 0 Å². The molecule has 0 N–H and O–H groups in total. The minimum atomic E-state index is 0.635. The molecule has 0 spiro atoms. The zero-order chi connectivity index (χ0) is 8.10. The summed E-state index contributed by atoms with van der Waals surface area (Å²) in [5.41, 5.74) is 1.06. The molecule has 0 aromatic carbocycles. The average Bonchev–Trinajstić information content (AvgIpc) is 2.37. The fourth-order valence-corrected chi connectivity index (χ4v) is 0.963. The Morgan fingerprint density at radius 1 is 1.73 bits per heavy atom. The van der Waals surface area contributed by atoms with Crippen LogP contribution in [0.25, 0.3) is 0 Å². The van der Waals surface area contributed by atoms with E-state index in [9.17, 15) is 4.79 Å². The molecule has 0 fully saturated rings. The van der Waals surface area contributed by atoms with E-state index in [2.05, 4.69) is 4.98 Å². The van der Waals surface area contributed by atoms with Crippen LogP contribution in [0.5, 0.6) is 0 Å². The smallest absolute Gasteiger partial charge is 0.120 e. The van der Waals surface area contributed by atoms with E-state index in [1.807, 2.05) is 17.8 Å². The van der Waals surface area contributed by atoms with Crippen molar-refractivity contribution in [2.45, 2.75) is 19.3 Å². The van der Waals surface area contributed by atoms with Crippen molar-refractivity contribution in [3.05, 3.63) is 18.2 Å². The largest absolute Gasteiger partial charge is 0.340 e. The molecule has 0 aliphatic carbocycles. The number of hydrogen-bond acceptors (Lipinski definition) is 2. The van der Waals surface area contributed by atoms with Gasteiger partial charge in [-0.15, -0.1) is 0 Å². The van der Waals surface area contributed by atoms with Gasteiger partial charge in [0.2, 0.25) is 0 Å². The zero-order valence-electron chi connectivity index (χ0n) is 6.66. The molecule has 0 unspecified atom stereocenters. The Hall–Kier alpha value is -1.12. The fraction of sp³-hybridized carbons (Fsp3) is 0.500. The Bertz CT molecular complexity index is 230. The number of imidazole rings is 1. The Kier molecular flexibility index (Phi) is 2.83. The van der Waals surface area contributed by atoms with Crippen molar-refractivity contribution in [1.29, 1.82) is 0 Å². The van der Waals surface area contributed by atoms with Crippen molar-refractivity contribution in [2.24, 2.45) is 7.05 Å². The van der Waals surface area contributed by atoms with Crippen LogP contribution in [0.2, 0.25) is 0 Å². The Balaban J connectivity index is 2.32. The first-order valence-corrected chi connectivity index (χ1v) is 3.73. The summed E-state index contributed by atoms with van der Waals surface area (Å²) in [6.45, 7) is 0. The highest BCUT2D eigenvalue weighted by Gasteiger charge is 1.94. The maximum atomic E-state index is 9.97. The molecule has 1 aromatic heterocycles. The highest BCUT2D eigenvalue weighted by molar-refractivity contribution is 5.49. The van der Waals surface area contributed by atoms with Gasteiger partial charge < -0.3 is 9.36 Å². The van der Waals surface area contributed by atoms with E-state index < -0.39 is 0 Å². The number of aldehydes is 1. The number of unbranched alkanes of at least 4 members (excludes halogenated alkanes) is 1. The molecule has 0 bridgehead atoms. The lowest BCUT2D eigenvalue weighted by atomic mass is 10.2. The molecule has 0 saturated heterocycles. The number of aryl methyl sites for hydroxylation is 2. The maximum Gasteiger partial charge on any atom is 0.120 e. The standard InChI is InChI=1S/C8H12N2O/c1-10-6-8(9-7-10)4-2-3-5-11/h5-7H,2-4H2,1H3. The SMILES string of the molecule is Cn1cnc(CCCC=O)c1. The molecule has 0 atom stereocenters. The van der Waals surface area contributed by atoms with Crippen LogP contribution in [0.15, 0.2) is 12.5 Å². The summed E-state index contributed by atoms with van der Waals surface area (Å²) in [6.07, 6.45) is 7.14. The lowest BCUT2D eigenvalue weighted by Crippen LogP contribution is -1.85. The van der Waals surface area contributed by atoms with Crippen LogP contribution < -0.4 is 0 Å². The van der Waals surface area contributed by atoms with Crippen LogP contribution in [-0.2, 0) is 18.3 Å². The monoisotopic (exact) mass is 152 g/mol. The molecule has 3 nitrogen and oxygen atoms in total. The van der Waals surface area contributed by atoms with Gasteiger partial charge in [-0.1, -0.05) is 0 Å². The van der Waals surface area contributed by atoms with Crippen molar-refractivity contribution < 1.29 is 4.79 Å². The third-order valence-electron chi connectivity index (χ3n) is 1.51. The molecule has 0 radical (unpaired) electrons. The van der Waals surface area contributed by atoms with E-state index in [4.69, 9.17) is 0 Å². The molecule has 3 heteroatoms. The molecular formula is C8H12N2O. The van der Waals surface area contributed by atoms with Crippen molar-refractivity contribution in [1.82, 2.24) is 9.55 Å². The summed E-state index contributed by atoms with van der Waals surface area (Å²) in [5.74, 6) is 0. The predicted octanol–water partition coefficient (Wildman–Crippen LogP) is 0.942. The Morgan fingerprint density at radius 2 is 2.55 bits per heavy atom. The van der Waals surface area contributed by atoms with E-state index in [1.165, 1.54) is 0 Å². The maximum absolute atomic E-state index is 9.97. The van der Waals surface area contributed by atoms with Gasteiger partial charge >= 0.3 is 0 Å². The second kappa shape index (κ2) is 3.91. The third kappa shape index (κ3) is 2.53. The van der Waals surface area contributed by atoms with Gasteiger partial charge in [0.05, 0.1) is 12.0 Å². The minimum Gasteiger partial charge on any atom is -0.340 e. The summed E-state index contributed by atoms with van der Waals surface area (Å²) in [6, 6.07) is 0. The lowest BCUT2D eigenvalue weighted by molar-refractivity contribution is -0.107. The normalized spacial score (nSPS) is 9.91. The second-order valence-corrected chi connectivity index (χ2v) is 2.59. The van der Waals surface area contributed by atoms with Crippen LogP contribution in [0.4, 0.5) is 0 Å². The van der Waals surface area contributed by atoms with Crippen LogP contribution in [0, 0.1) is 0 Å². The first-order chi connectivity index (χ1) is 5.33. The van der Waals surface area contributed by atoms with E-state index in [0.29, 0.717) is 6.42 Å². The van der Waals surface area contributed by atoms with Crippen LogP contribution in [0.1, 0.15) is 18.5 Å². The average molecular weight is 152 g/mol. The highest BCUT2D eigenvalue weighted by atomic mass is 16.1. The van der Waals surface area contributed by atoms with Crippen molar-refractivity contribution in [3.63, 3.8) is 0 Å². The summed E-state index contributed by atoms with van der Waals surface area (Å²) in [4.78, 5) is 14.1. The predicted molar refractivity (Wildman–Crippen MR) is 42.2 cm³/mol. The first kappa shape index (κ1) is 7.98. The molecule has 0 aliphatic heterocycles. The summed E-state index contributed by atoms with van der Waals surface area (Å²) >= 11 is 0. The van der Waals surface area contributed by atoms with E-state index in [-0.39, 0.29) is 0 Å². The quantitative estimate of drug-likeness (QED) is 0.475. The topological polar surface area (TPSA) is 34.9 Å². The van der Waals surface area contributed by atoms with Crippen molar-refractivity contribution in [2.75, 3.05) is 0 Å². The van der Waals surface area contributed by atoms with Gasteiger partial charge in [0.1, 0.15) is 6.29 Å². The molecule has 1 rings (SSSR count). The first-order valence-electron chi connectivity index (χ1n) is 3.73. The lowest BCUT2D eigenvalue weighted by Gasteiger charge is -1.89. The number of carbonyl (C=O) groups excluding carboxylic acids is 1. The number of carbonyl (C=O) groups is 1. The van der Waals surface area contributed by atoms with Crippen molar-refractivity contribution >= 4 is 6.29 Å². The van der Waals surface area contributed by atoms with Gasteiger partial charge in [-0.25, -0.2) is 4.98 Å². The number of nitrogens with zero attached hydrogens (tertiary/aromatic N) is 2. The van der Waals surface area contributed by atoms with E-state index >= 15 is 0 Å². The van der Waals surface area contributed by atoms with Crippen LogP contribution in [0.3, 0.4) is 0 Å². The van der Waals surface area contributed by atoms with Crippen molar-refractivity contribution in [3.8, 4) is 0 Å². The van der Waals surface area contributed by atoms with Gasteiger partial charge in [0, 0.05) is 19.7 Å². The molecule has 0 amide bonds.